The summed E-state index contributed by atoms with van der Waals surface area (Å²) in [6.07, 6.45) is 4.08. The molecule has 1 amide bonds. The second kappa shape index (κ2) is 6.05. The molecule has 0 spiro atoms. The lowest BCUT2D eigenvalue weighted by atomic mass is 10.3. The molecule has 1 aromatic heterocycles. The summed E-state index contributed by atoms with van der Waals surface area (Å²) in [7, 11) is 0. The molecule has 0 unspecified atom stereocenters. The lowest BCUT2D eigenvalue weighted by Gasteiger charge is -2.20. The van der Waals surface area contributed by atoms with Crippen molar-refractivity contribution in [1.82, 2.24) is 19.8 Å². The van der Waals surface area contributed by atoms with Crippen LogP contribution in [-0.4, -0.2) is 46.5 Å². The van der Waals surface area contributed by atoms with Crippen molar-refractivity contribution in [2.75, 3.05) is 26.2 Å². The number of rotatable bonds is 2. The fourth-order valence-electron chi connectivity index (χ4n) is 2.47. The molecule has 2 aromatic rings. The number of halogens is 1. The minimum atomic E-state index is -0.301. The van der Waals surface area contributed by atoms with Gasteiger partial charge in [0.1, 0.15) is 11.5 Å². The van der Waals surface area contributed by atoms with Crippen molar-refractivity contribution < 1.29 is 9.18 Å². The van der Waals surface area contributed by atoms with E-state index in [1.54, 1.807) is 29.2 Å². The average molecular weight is 288 g/mol. The van der Waals surface area contributed by atoms with Gasteiger partial charge >= 0.3 is 0 Å². The Morgan fingerprint density at radius 1 is 1.19 bits per heavy atom. The third kappa shape index (κ3) is 2.95. The SMILES string of the molecule is O=C(c1cncn1-c1ccc(F)cc1)N1CCCNCC1. The summed E-state index contributed by atoms with van der Waals surface area (Å²) in [4.78, 5) is 18.5. The van der Waals surface area contributed by atoms with Crippen LogP contribution < -0.4 is 5.32 Å². The highest BCUT2D eigenvalue weighted by atomic mass is 19.1. The van der Waals surface area contributed by atoms with Crippen molar-refractivity contribution in [2.24, 2.45) is 0 Å². The molecule has 110 valence electrons. The molecule has 0 saturated carbocycles. The molecule has 1 aliphatic heterocycles. The molecule has 0 bridgehead atoms. The van der Waals surface area contributed by atoms with Crippen LogP contribution in [0, 0.1) is 5.82 Å². The number of hydrogen-bond acceptors (Lipinski definition) is 3. The van der Waals surface area contributed by atoms with Crippen LogP contribution in [0.25, 0.3) is 5.69 Å². The zero-order valence-corrected chi connectivity index (χ0v) is 11.6. The fraction of sp³-hybridized carbons (Fsp3) is 0.333. The number of carbonyl (C=O) groups is 1. The van der Waals surface area contributed by atoms with Crippen LogP contribution in [0.3, 0.4) is 0 Å². The summed E-state index contributed by atoms with van der Waals surface area (Å²) in [5, 5.41) is 3.27. The Labute approximate surface area is 122 Å². The highest BCUT2D eigenvalue weighted by molar-refractivity contribution is 5.93. The molecule has 2 heterocycles. The van der Waals surface area contributed by atoms with E-state index in [-0.39, 0.29) is 11.7 Å². The molecule has 0 radical (unpaired) electrons. The zero-order valence-electron chi connectivity index (χ0n) is 11.6. The summed E-state index contributed by atoms with van der Waals surface area (Å²) in [6, 6.07) is 6.02. The average Bonchev–Trinajstić information content (AvgIpc) is 2.82. The number of hydrogen-bond donors (Lipinski definition) is 1. The largest absolute Gasteiger partial charge is 0.336 e. The van der Waals surface area contributed by atoms with E-state index in [4.69, 9.17) is 0 Å². The van der Waals surface area contributed by atoms with Gasteiger partial charge in [-0.3, -0.25) is 9.36 Å². The smallest absolute Gasteiger partial charge is 0.272 e. The van der Waals surface area contributed by atoms with Gasteiger partial charge in [-0.05, 0) is 37.2 Å². The molecule has 0 atom stereocenters. The number of benzene rings is 1. The van der Waals surface area contributed by atoms with Crippen LogP contribution >= 0.6 is 0 Å². The highest BCUT2D eigenvalue weighted by Gasteiger charge is 2.20. The van der Waals surface area contributed by atoms with E-state index in [1.807, 2.05) is 4.90 Å². The normalized spacial score (nSPS) is 15.8. The third-order valence-electron chi connectivity index (χ3n) is 3.59. The monoisotopic (exact) mass is 288 g/mol. The molecule has 3 rings (SSSR count). The summed E-state index contributed by atoms with van der Waals surface area (Å²) in [5.41, 5.74) is 1.23. The Balaban J connectivity index is 1.87. The fourth-order valence-corrected chi connectivity index (χ4v) is 2.47. The van der Waals surface area contributed by atoms with Gasteiger partial charge in [-0.25, -0.2) is 9.37 Å². The molecular weight excluding hydrogens is 271 g/mol. The van der Waals surface area contributed by atoms with Gasteiger partial charge in [0.05, 0.1) is 12.5 Å². The maximum absolute atomic E-state index is 13.0. The number of aromatic nitrogens is 2. The summed E-state index contributed by atoms with van der Waals surface area (Å²) >= 11 is 0. The topological polar surface area (TPSA) is 50.2 Å². The van der Waals surface area contributed by atoms with E-state index in [1.165, 1.54) is 12.1 Å². The number of carbonyl (C=O) groups excluding carboxylic acids is 1. The van der Waals surface area contributed by atoms with Gasteiger partial charge in [0.15, 0.2) is 0 Å². The van der Waals surface area contributed by atoms with Crippen molar-refractivity contribution in [2.45, 2.75) is 6.42 Å². The second-order valence-corrected chi connectivity index (χ2v) is 5.02. The van der Waals surface area contributed by atoms with Crippen LogP contribution in [0.4, 0.5) is 4.39 Å². The van der Waals surface area contributed by atoms with Gasteiger partial charge in [0.2, 0.25) is 0 Å². The second-order valence-electron chi connectivity index (χ2n) is 5.02. The van der Waals surface area contributed by atoms with Crippen molar-refractivity contribution in [1.29, 1.82) is 0 Å². The van der Waals surface area contributed by atoms with E-state index in [0.717, 1.165) is 31.7 Å². The Hall–Kier alpha value is -2.21. The number of imidazole rings is 1. The van der Waals surface area contributed by atoms with Gasteiger partial charge in [-0.1, -0.05) is 0 Å². The minimum Gasteiger partial charge on any atom is -0.336 e. The van der Waals surface area contributed by atoms with Crippen LogP contribution in [0.1, 0.15) is 16.9 Å². The Bertz CT molecular complexity index is 615. The first-order valence-corrected chi connectivity index (χ1v) is 7.04. The summed E-state index contributed by atoms with van der Waals surface area (Å²) in [5.74, 6) is -0.342. The van der Waals surface area contributed by atoms with Gasteiger partial charge < -0.3 is 10.2 Å². The van der Waals surface area contributed by atoms with E-state index < -0.39 is 0 Å². The van der Waals surface area contributed by atoms with Gasteiger partial charge in [-0.2, -0.15) is 0 Å². The molecule has 5 nitrogen and oxygen atoms in total. The molecule has 6 heteroatoms. The molecular formula is C15H17FN4O. The molecule has 21 heavy (non-hydrogen) atoms. The number of nitrogens with zero attached hydrogens (tertiary/aromatic N) is 3. The van der Waals surface area contributed by atoms with E-state index in [9.17, 15) is 9.18 Å². The van der Waals surface area contributed by atoms with E-state index in [2.05, 4.69) is 10.3 Å². The van der Waals surface area contributed by atoms with E-state index >= 15 is 0 Å². The Morgan fingerprint density at radius 3 is 2.81 bits per heavy atom. The third-order valence-corrected chi connectivity index (χ3v) is 3.59. The first kappa shape index (κ1) is 13.8. The predicted octanol–water partition coefficient (Wildman–Crippen LogP) is 1.45. The Morgan fingerprint density at radius 2 is 2.00 bits per heavy atom. The van der Waals surface area contributed by atoms with Crippen molar-refractivity contribution in [3.8, 4) is 5.69 Å². The summed E-state index contributed by atoms with van der Waals surface area (Å²) in [6.45, 7) is 3.16. The molecule has 1 N–H and O–H groups in total. The maximum Gasteiger partial charge on any atom is 0.272 e. The minimum absolute atomic E-state index is 0.0412. The lowest BCUT2D eigenvalue weighted by Crippen LogP contribution is -2.35. The van der Waals surface area contributed by atoms with Crippen molar-refractivity contribution in [3.63, 3.8) is 0 Å². The molecule has 1 aliphatic rings. The maximum atomic E-state index is 13.0. The quantitative estimate of drug-likeness (QED) is 0.910. The Kier molecular flexibility index (Phi) is 3.96. The molecule has 1 saturated heterocycles. The lowest BCUT2D eigenvalue weighted by molar-refractivity contribution is 0.0758. The summed E-state index contributed by atoms with van der Waals surface area (Å²) < 4.78 is 14.7. The van der Waals surface area contributed by atoms with Crippen LogP contribution in [0.15, 0.2) is 36.8 Å². The molecule has 1 fully saturated rings. The van der Waals surface area contributed by atoms with E-state index in [0.29, 0.717) is 12.2 Å². The van der Waals surface area contributed by atoms with Gasteiger partial charge in [-0.15, -0.1) is 0 Å². The highest BCUT2D eigenvalue weighted by Crippen LogP contribution is 2.14. The zero-order chi connectivity index (χ0) is 14.7. The van der Waals surface area contributed by atoms with Crippen LogP contribution in [0.2, 0.25) is 0 Å². The van der Waals surface area contributed by atoms with Crippen molar-refractivity contribution >= 4 is 5.91 Å². The molecule has 0 aliphatic carbocycles. The van der Waals surface area contributed by atoms with Crippen LogP contribution in [-0.2, 0) is 0 Å². The first-order chi connectivity index (χ1) is 10.3. The van der Waals surface area contributed by atoms with Crippen molar-refractivity contribution in [3.05, 3.63) is 48.3 Å². The first-order valence-electron chi connectivity index (χ1n) is 7.04. The number of nitrogens with one attached hydrogen (secondary N) is 1. The predicted molar refractivity (Wildman–Crippen MR) is 76.9 cm³/mol. The standard InChI is InChI=1S/C15H17FN4O/c16-12-2-4-13(5-3-12)20-11-18-10-14(20)15(21)19-8-1-6-17-7-9-19/h2-5,10-11,17H,1,6-9H2. The van der Waals surface area contributed by atoms with Gasteiger partial charge in [0, 0.05) is 25.3 Å². The number of amides is 1. The van der Waals surface area contributed by atoms with Crippen LogP contribution in [0.5, 0.6) is 0 Å². The van der Waals surface area contributed by atoms with Gasteiger partial charge in [0.25, 0.3) is 5.91 Å². The molecule has 1 aromatic carbocycles.